The van der Waals surface area contributed by atoms with Crippen LogP contribution in [0.1, 0.15) is 0 Å². The van der Waals surface area contributed by atoms with Crippen molar-refractivity contribution in [2.45, 2.75) is 0 Å². The van der Waals surface area contributed by atoms with Crippen LogP contribution in [0.25, 0.3) is 9.93 Å². The summed E-state index contributed by atoms with van der Waals surface area (Å²) in [6.45, 7) is 1.96. The summed E-state index contributed by atoms with van der Waals surface area (Å²) in [6, 6.07) is 0. The van der Waals surface area contributed by atoms with E-state index in [2.05, 4.69) is 11.5 Å². The summed E-state index contributed by atoms with van der Waals surface area (Å²) >= 11 is 7.53. The van der Waals surface area contributed by atoms with Crippen molar-refractivity contribution in [2.75, 3.05) is 18.8 Å². The Morgan fingerprint density at radius 3 is 2.42 bits per heavy atom. The summed E-state index contributed by atoms with van der Waals surface area (Å²) in [7, 11) is 0. The fourth-order valence-electron chi connectivity index (χ4n) is 2.46. The molecule has 0 unspecified atom stereocenters. The van der Waals surface area contributed by atoms with Gasteiger partial charge in [0, 0.05) is 0 Å². The third-order valence-corrected chi connectivity index (χ3v) is 7.57. The second-order valence-electron chi connectivity index (χ2n) is 5.62. The van der Waals surface area contributed by atoms with Gasteiger partial charge in [-0.25, -0.2) is 0 Å². The zero-order chi connectivity index (χ0) is 22.9. The lowest BCUT2D eigenvalue weighted by molar-refractivity contribution is -0.252. The SMILES string of the molecule is C=COOn1c(=C2SC(=S)N(CC(=O)O)C2=O)sc(=C2SCC(=O)N2CC(=O)O)c1=O. The van der Waals surface area contributed by atoms with E-state index in [0.717, 1.165) is 50.9 Å². The maximum Gasteiger partial charge on any atom is 0.323 e. The molecule has 0 atom stereocenters. The molecule has 164 valence electrons. The zero-order valence-corrected chi connectivity index (χ0v) is 18.4. The van der Waals surface area contributed by atoms with Gasteiger partial charge >= 0.3 is 17.5 Å². The number of aromatic nitrogens is 1. The number of hydrogen-bond donors (Lipinski definition) is 2. The maximum atomic E-state index is 13.0. The highest BCUT2D eigenvalue weighted by molar-refractivity contribution is 8.30. The number of carbonyl (C=O) groups is 4. The summed E-state index contributed by atoms with van der Waals surface area (Å²) in [5, 5.41) is 18.1. The predicted octanol–water partition coefficient (Wildman–Crippen LogP) is -1.81. The van der Waals surface area contributed by atoms with Gasteiger partial charge in [-0.1, -0.05) is 47.1 Å². The van der Waals surface area contributed by atoms with E-state index < -0.39 is 42.4 Å². The Kier molecular flexibility index (Phi) is 6.73. The number of rotatable bonds is 7. The van der Waals surface area contributed by atoms with Gasteiger partial charge in [-0.05, 0) is 0 Å². The van der Waals surface area contributed by atoms with Crippen molar-refractivity contribution in [1.82, 2.24) is 14.5 Å². The molecule has 0 aliphatic carbocycles. The molecule has 2 aliphatic rings. The molecule has 2 aliphatic heterocycles. The van der Waals surface area contributed by atoms with Gasteiger partial charge < -0.3 is 10.2 Å². The summed E-state index contributed by atoms with van der Waals surface area (Å²) in [6.07, 6.45) is 0.876. The molecular weight excluding hydrogens is 494 g/mol. The van der Waals surface area contributed by atoms with Crippen molar-refractivity contribution in [3.63, 3.8) is 0 Å². The largest absolute Gasteiger partial charge is 0.480 e. The summed E-state index contributed by atoms with van der Waals surface area (Å²) in [5.41, 5.74) is -0.821. The third-order valence-electron chi connectivity index (χ3n) is 3.65. The minimum absolute atomic E-state index is 0.0356. The first kappa shape index (κ1) is 22.9. The summed E-state index contributed by atoms with van der Waals surface area (Å²) < 4.78 is 0.453. The molecule has 1 aromatic heterocycles. The number of aliphatic carboxylic acids is 2. The average Bonchev–Trinajstić information content (AvgIpc) is 3.29. The van der Waals surface area contributed by atoms with Crippen molar-refractivity contribution in [3.8, 4) is 0 Å². The van der Waals surface area contributed by atoms with Crippen molar-refractivity contribution >= 4 is 85.1 Å². The van der Waals surface area contributed by atoms with Crippen LogP contribution in [0.5, 0.6) is 0 Å². The molecule has 1 aromatic rings. The van der Waals surface area contributed by atoms with Gasteiger partial charge in [-0.3, -0.25) is 38.7 Å². The number of thiocarbonyl (C=S) groups is 1. The smallest absolute Gasteiger partial charge is 0.323 e. The Labute approximate surface area is 189 Å². The number of nitrogens with zero attached hydrogens (tertiary/aromatic N) is 3. The number of hydrogen-bond acceptors (Lipinski definition) is 11. The van der Waals surface area contributed by atoms with Crippen LogP contribution in [-0.4, -0.2) is 71.7 Å². The first-order chi connectivity index (χ1) is 14.6. The molecule has 0 spiro atoms. The second kappa shape index (κ2) is 9.13. The van der Waals surface area contributed by atoms with Crippen LogP contribution >= 0.6 is 47.1 Å². The highest BCUT2D eigenvalue weighted by Crippen LogP contribution is 2.31. The fourth-order valence-corrected chi connectivity index (χ4v) is 6.11. The molecule has 12 nitrogen and oxygen atoms in total. The maximum absolute atomic E-state index is 13.0. The molecule has 3 rings (SSSR count). The molecule has 16 heteroatoms. The second-order valence-corrected chi connectivity index (χ2v) is 9.23. The van der Waals surface area contributed by atoms with Gasteiger partial charge in [0.25, 0.3) is 5.91 Å². The van der Waals surface area contributed by atoms with Gasteiger partial charge in [0.05, 0.1) is 5.75 Å². The minimum Gasteiger partial charge on any atom is -0.480 e. The lowest BCUT2D eigenvalue weighted by Gasteiger charge is -2.12. The van der Waals surface area contributed by atoms with Gasteiger partial charge in [-0.2, -0.15) is 4.99 Å². The van der Waals surface area contributed by atoms with Crippen molar-refractivity contribution in [3.05, 3.63) is 32.4 Å². The molecule has 0 saturated carbocycles. The predicted molar refractivity (Wildman–Crippen MR) is 114 cm³/mol. The lowest BCUT2D eigenvalue weighted by atomic mass is 10.4. The number of carbonyl (C=O) groups excluding carboxylic acids is 2. The van der Waals surface area contributed by atoms with E-state index in [-0.39, 0.29) is 29.2 Å². The zero-order valence-electron chi connectivity index (χ0n) is 15.1. The van der Waals surface area contributed by atoms with Gasteiger partial charge in [0.2, 0.25) is 5.91 Å². The topological polar surface area (TPSA) is 156 Å². The highest BCUT2D eigenvalue weighted by atomic mass is 32.2. The third kappa shape index (κ3) is 4.46. The Morgan fingerprint density at radius 2 is 1.81 bits per heavy atom. The summed E-state index contributed by atoms with van der Waals surface area (Å²) in [4.78, 5) is 71.1. The molecule has 2 N–H and O–H groups in total. The molecule has 31 heavy (non-hydrogen) atoms. The first-order valence-corrected chi connectivity index (χ1v) is 11.0. The van der Waals surface area contributed by atoms with Crippen LogP contribution in [0.15, 0.2) is 17.6 Å². The van der Waals surface area contributed by atoms with Gasteiger partial charge in [0.15, 0.2) is 4.66 Å². The Balaban J connectivity index is 2.26. The van der Waals surface area contributed by atoms with E-state index in [1.165, 1.54) is 0 Å². The number of thiazole rings is 1. The molecule has 2 saturated heterocycles. The van der Waals surface area contributed by atoms with Gasteiger partial charge in [-0.15, -0.1) is 11.3 Å². The first-order valence-electron chi connectivity index (χ1n) is 8.01. The number of thioether (sulfide) groups is 2. The van der Waals surface area contributed by atoms with E-state index in [9.17, 15) is 24.0 Å². The van der Waals surface area contributed by atoms with E-state index in [0.29, 0.717) is 4.73 Å². The average molecular weight is 506 g/mol. The molecule has 0 aromatic carbocycles. The van der Waals surface area contributed by atoms with Crippen LogP contribution in [0.2, 0.25) is 0 Å². The van der Waals surface area contributed by atoms with Crippen LogP contribution in [0.3, 0.4) is 0 Å². The quantitative estimate of drug-likeness (QED) is 0.186. The standard InChI is InChI=1S/C15H11N3O9S4/c1-2-26-27-18-12(25)10(13-16(3-7(20)21)6(19)5-29-13)30-14(18)9-11(24)17(4-8(22)23)15(28)31-9/h2H,1,3-5H2,(H,20,21)(H,22,23). The number of amides is 2. The normalized spacial score (nSPS) is 19.8. The minimum atomic E-state index is -1.28. The van der Waals surface area contributed by atoms with E-state index in [1.54, 1.807) is 0 Å². The molecule has 0 radical (unpaired) electrons. The summed E-state index contributed by atoms with van der Waals surface area (Å²) in [5.74, 6) is -3.89. The van der Waals surface area contributed by atoms with Crippen LogP contribution < -0.4 is 19.7 Å². The Morgan fingerprint density at radius 1 is 1.16 bits per heavy atom. The van der Waals surface area contributed by atoms with Crippen molar-refractivity contribution < 1.29 is 39.3 Å². The van der Waals surface area contributed by atoms with Gasteiger partial charge in [0.1, 0.15) is 38.1 Å². The van der Waals surface area contributed by atoms with E-state index >= 15 is 0 Å². The fraction of sp³-hybridized carbons (Fsp3) is 0.200. The molecule has 2 fully saturated rings. The van der Waals surface area contributed by atoms with E-state index in [1.807, 2.05) is 0 Å². The Hall–Kier alpha value is -2.82. The van der Waals surface area contributed by atoms with Crippen molar-refractivity contribution in [2.24, 2.45) is 0 Å². The van der Waals surface area contributed by atoms with E-state index in [4.69, 9.17) is 27.4 Å². The molecule has 2 amide bonds. The van der Waals surface area contributed by atoms with Crippen LogP contribution in [0.4, 0.5) is 0 Å². The molecule has 0 bridgehead atoms. The Bertz CT molecular complexity index is 1200. The highest BCUT2D eigenvalue weighted by Gasteiger charge is 2.37. The van der Waals surface area contributed by atoms with Crippen LogP contribution in [-0.2, 0) is 24.1 Å². The van der Waals surface area contributed by atoms with Crippen LogP contribution in [0, 0.1) is 0 Å². The number of carboxylic acids is 2. The number of carboxylic acid groups (broad SMARTS) is 2. The molecule has 3 heterocycles. The molecular formula is C15H11N3O9S4. The van der Waals surface area contributed by atoms with Crippen molar-refractivity contribution in [1.29, 1.82) is 0 Å². The lowest BCUT2D eigenvalue weighted by Crippen LogP contribution is -2.40. The monoisotopic (exact) mass is 505 g/mol.